The molecular weight excluding hydrogens is 165 g/mol. The quantitative estimate of drug-likeness (QED) is 0.551. The van der Waals surface area contributed by atoms with Gasteiger partial charge in [0.2, 0.25) is 0 Å². The summed E-state index contributed by atoms with van der Waals surface area (Å²) in [5.74, 6) is 0. The van der Waals surface area contributed by atoms with Gasteiger partial charge in [-0.1, -0.05) is 14.0 Å². The third kappa shape index (κ3) is 3.87. The first-order valence-electron chi connectivity index (χ1n) is 3.82. The van der Waals surface area contributed by atoms with Crippen LogP contribution in [-0.4, -0.2) is 18.7 Å². The molecule has 0 aromatic carbocycles. The molecule has 1 fully saturated rings. The summed E-state index contributed by atoms with van der Waals surface area (Å²) in [6.45, 7) is 0.838. The van der Waals surface area contributed by atoms with E-state index in [2.05, 4.69) is 5.32 Å². The van der Waals surface area contributed by atoms with Crippen LogP contribution in [0.1, 0.15) is 19.3 Å². The van der Waals surface area contributed by atoms with E-state index in [0.717, 1.165) is 25.8 Å². The molecule has 4 nitrogen and oxygen atoms in total. The number of hydrogen-bond acceptors (Lipinski definition) is 4. The van der Waals surface area contributed by atoms with Crippen LogP contribution in [0.5, 0.6) is 0 Å². The van der Waals surface area contributed by atoms with Crippen LogP contribution >= 0.6 is 7.60 Å². The van der Waals surface area contributed by atoms with E-state index in [0.29, 0.717) is 0 Å². The minimum Gasteiger partial charge on any atom is -0.811 e. The van der Waals surface area contributed by atoms with E-state index in [1.54, 1.807) is 0 Å². The molecule has 1 atom stereocenters. The summed E-state index contributed by atoms with van der Waals surface area (Å²) in [6, 6.07) is -0.0930. The van der Waals surface area contributed by atoms with Gasteiger partial charge >= 0.3 is 0 Å². The normalized spacial score (nSPS) is 26.9. The van der Waals surface area contributed by atoms with Crippen molar-refractivity contribution in [2.75, 3.05) is 12.7 Å². The summed E-state index contributed by atoms with van der Waals surface area (Å²) < 4.78 is 10.3. The second kappa shape index (κ2) is 3.68. The van der Waals surface area contributed by atoms with Crippen molar-refractivity contribution >= 4 is 7.60 Å². The van der Waals surface area contributed by atoms with Gasteiger partial charge in [-0.2, -0.15) is 0 Å². The van der Waals surface area contributed by atoms with Gasteiger partial charge in [-0.15, -0.1) is 0 Å². The van der Waals surface area contributed by atoms with Crippen molar-refractivity contribution in [1.82, 2.24) is 5.32 Å². The Balaban J connectivity index is 2.30. The van der Waals surface area contributed by atoms with Crippen molar-refractivity contribution in [3.63, 3.8) is 0 Å². The minimum atomic E-state index is -4.30. The zero-order chi connectivity index (χ0) is 8.32. The molecule has 0 aromatic heterocycles. The Hall–Kier alpha value is 0.110. The topological polar surface area (TPSA) is 75.2 Å². The maximum Gasteiger partial charge on any atom is 0.0113 e. The summed E-state index contributed by atoms with van der Waals surface area (Å²) in [5.41, 5.74) is 0. The SMILES string of the molecule is O=P([O-])([O-])CC1CCCCN1. The van der Waals surface area contributed by atoms with Crippen molar-refractivity contribution < 1.29 is 14.4 Å². The molecule has 1 aliphatic heterocycles. The molecule has 0 spiro atoms. The Bertz CT molecular complexity index is 161. The first-order valence-corrected chi connectivity index (χ1v) is 5.55. The first kappa shape index (κ1) is 9.20. The van der Waals surface area contributed by atoms with Crippen LogP contribution < -0.4 is 15.1 Å². The molecule has 1 aliphatic rings. The predicted molar refractivity (Wildman–Crippen MR) is 38.1 cm³/mol. The van der Waals surface area contributed by atoms with E-state index < -0.39 is 7.60 Å². The van der Waals surface area contributed by atoms with Crippen LogP contribution in [-0.2, 0) is 4.57 Å². The molecule has 11 heavy (non-hydrogen) atoms. The van der Waals surface area contributed by atoms with Gasteiger partial charge in [0.05, 0.1) is 0 Å². The van der Waals surface area contributed by atoms with Crippen molar-refractivity contribution in [3.05, 3.63) is 0 Å². The smallest absolute Gasteiger partial charge is 0.0113 e. The fourth-order valence-corrected chi connectivity index (χ4v) is 2.20. The average molecular weight is 177 g/mol. The molecule has 0 bridgehead atoms. The maximum absolute atomic E-state index is 10.3. The summed E-state index contributed by atoms with van der Waals surface area (Å²) in [4.78, 5) is 20.7. The maximum atomic E-state index is 10.3. The largest absolute Gasteiger partial charge is 0.811 e. The monoisotopic (exact) mass is 177 g/mol. The molecule has 0 radical (unpaired) electrons. The molecule has 0 aliphatic carbocycles. The zero-order valence-electron chi connectivity index (χ0n) is 6.28. The van der Waals surface area contributed by atoms with Gasteiger partial charge in [0.15, 0.2) is 0 Å². The van der Waals surface area contributed by atoms with Gasteiger partial charge in [-0.05, 0) is 25.5 Å². The fourth-order valence-electron chi connectivity index (χ4n) is 1.35. The Kier molecular flexibility index (Phi) is 3.07. The second-order valence-corrected chi connectivity index (χ2v) is 4.53. The number of rotatable bonds is 2. The average Bonchev–Trinajstić information content (AvgIpc) is 1.85. The lowest BCUT2D eigenvalue weighted by Gasteiger charge is -2.35. The lowest BCUT2D eigenvalue weighted by Crippen LogP contribution is -2.39. The zero-order valence-corrected chi connectivity index (χ0v) is 7.18. The van der Waals surface area contributed by atoms with E-state index in [-0.39, 0.29) is 12.2 Å². The molecule has 1 heterocycles. The second-order valence-electron chi connectivity index (χ2n) is 2.94. The highest BCUT2D eigenvalue weighted by Gasteiger charge is 2.12. The van der Waals surface area contributed by atoms with Gasteiger partial charge in [-0.3, -0.25) is 0 Å². The third-order valence-corrected chi connectivity index (χ3v) is 2.74. The molecule has 1 N–H and O–H groups in total. The molecule has 5 heteroatoms. The Morgan fingerprint density at radius 3 is 2.64 bits per heavy atom. The lowest BCUT2D eigenvalue weighted by atomic mass is 10.1. The van der Waals surface area contributed by atoms with E-state index in [9.17, 15) is 14.4 Å². The number of piperidine rings is 1. The van der Waals surface area contributed by atoms with E-state index in [1.165, 1.54) is 0 Å². The summed E-state index contributed by atoms with van der Waals surface area (Å²) >= 11 is 0. The molecule has 1 rings (SSSR count). The predicted octanol–water partition coefficient (Wildman–Crippen LogP) is -0.958. The van der Waals surface area contributed by atoms with E-state index in [4.69, 9.17) is 0 Å². The Labute approximate surface area is 66.2 Å². The molecule has 0 amide bonds. The van der Waals surface area contributed by atoms with Crippen molar-refractivity contribution in [3.8, 4) is 0 Å². The van der Waals surface area contributed by atoms with Gasteiger partial charge in [0, 0.05) is 6.04 Å². The van der Waals surface area contributed by atoms with Gasteiger partial charge in [0.25, 0.3) is 0 Å². The van der Waals surface area contributed by atoms with Crippen LogP contribution in [0, 0.1) is 0 Å². The molecular formula is C6H12NO3P-2. The van der Waals surface area contributed by atoms with Crippen LogP contribution in [0.15, 0.2) is 0 Å². The molecule has 1 saturated heterocycles. The van der Waals surface area contributed by atoms with Crippen LogP contribution in [0.25, 0.3) is 0 Å². The highest BCUT2D eigenvalue weighted by atomic mass is 31.2. The molecule has 0 aromatic rings. The van der Waals surface area contributed by atoms with Crippen molar-refractivity contribution in [2.24, 2.45) is 0 Å². The first-order chi connectivity index (χ1) is 5.08. The lowest BCUT2D eigenvalue weighted by molar-refractivity contribution is -0.313. The van der Waals surface area contributed by atoms with Crippen LogP contribution in [0.4, 0.5) is 0 Å². The summed E-state index contributed by atoms with van der Waals surface area (Å²) in [6.07, 6.45) is 2.69. The van der Waals surface area contributed by atoms with E-state index >= 15 is 0 Å². The third-order valence-electron chi connectivity index (χ3n) is 1.86. The molecule has 1 unspecified atom stereocenters. The number of nitrogens with one attached hydrogen (secondary N) is 1. The summed E-state index contributed by atoms with van der Waals surface area (Å²) in [7, 11) is -4.30. The molecule has 0 saturated carbocycles. The standard InChI is InChI=1S/C6H14NO3P/c8-11(9,10)5-6-3-1-2-4-7-6/h6-7H,1-5H2,(H2,8,9,10)/p-2. The van der Waals surface area contributed by atoms with Gasteiger partial charge in [0.1, 0.15) is 0 Å². The summed E-state index contributed by atoms with van der Waals surface area (Å²) in [5, 5.41) is 3.00. The van der Waals surface area contributed by atoms with Crippen LogP contribution in [0.3, 0.4) is 0 Å². The molecule has 66 valence electrons. The van der Waals surface area contributed by atoms with Crippen LogP contribution in [0.2, 0.25) is 0 Å². The Morgan fingerprint density at radius 1 is 1.45 bits per heavy atom. The van der Waals surface area contributed by atoms with Crippen molar-refractivity contribution in [1.29, 1.82) is 0 Å². The van der Waals surface area contributed by atoms with E-state index in [1.807, 2.05) is 0 Å². The number of hydrogen-bond donors (Lipinski definition) is 1. The highest BCUT2D eigenvalue weighted by Crippen LogP contribution is 2.26. The minimum absolute atomic E-state index is 0.0930. The highest BCUT2D eigenvalue weighted by molar-refractivity contribution is 7.48. The van der Waals surface area contributed by atoms with Gasteiger partial charge < -0.3 is 19.7 Å². The van der Waals surface area contributed by atoms with Crippen molar-refractivity contribution in [2.45, 2.75) is 25.3 Å². The van der Waals surface area contributed by atoms with Gasteiger partial charge in [-0.25, -0.2) is 0 Å². The fraction of sp³-hybridized carbons (Fsp3) is 1.00. The Morgan fingerprint density at radius 2 is 2.18 bits per heavy atom.